The maximum absolute atomic E-state index is 14.0. The number of nitrogens with two attached hydrogens (primary N) is 1. The number of ether oxygens (including phenoxy) is 1. The van der Waals surface area contributed by atoms with Crippen LogP contribution in [0.5, 0.6) is 0 Å². The highest BCUT2D eigenvalue weighted by Crippen LogP contribution is 2.26. The summed E-state index contributed by atoms with van der Waals surface area (Å²) in [6.07, 6.45) is 4.66. The lowest BCUT2D eigenvalue weighted by molar-refractivity contribution is -0.149. The van der Waals surface area contributed by atoms with Crippen molar-refractivity contribution in [2.24, 2.45) is 0 Å². The number of nitrogen functional groups attached to an aromatic ring is 1. The molecule has 0 aromatic carbocycles. The Morgan fingerprint density at radius 1 is 1.30 bits per heavy atom. The van der Waals surface area contributed by atoms with Crippen molar-refractivity contribution in [1.82, 2.24) is 4.57 Å². The van der Waals surface area contributed by atoms with E-state index in [2.05, 4.69) is 6.92 Å². The van der Waals surface area contributed by atoms with Gasteiger partial charge in [-0.1, -0.05) is 49.4 Å². The van der Waals surface area contributed by atoms with Gasteiger partial charge in [0.05, 0.1) is 11.8 Å². The zero-order valence-corrected chi connectivity index (χ0v) is 14.7. The van der Waals surface area contributed by atoms with Gasteiger partial charge in [0.25, 0.3) is 5.56 Å². The van der Waals surface area contributed by atoms with Gasteiger partial charge in [0.15, 0.2) is 0 Å². The third-order valence-electron chi connectivity index (χ3n) is 3.41. The van der Waals surface area contributed by atoms with Crippen molar-refractivity contribution in [1.29, 1.82) is 0 Å². The molecule has 23 heavy (non-hydrogen) atoms. The fourth-order valence-electron chi connectivity index (χ4n) is 2.10. The molecule has 0 saturated carbocycles. The monoisotopic (exact) mass is 366 g/mol. The summed E-state index contributed by atoms with van der Waals surface area (Å²) in [5, 5.41) is -0.910. The van der Waals surface area contributed by atoms with E-state index in [0.717, 1.165) is 25.7 Å². The standard InChI is InChI=1S/C15H21Cl2FN2O3/c1-3-4-5-6-7-9(2)23-10(21)8-20-14(18)11(16)13(19)12(17)15(20)22/h9H,3-8,19H2,1-2H3. The molecule has 1 aromatic rings. The van der Waals surface area contributed by atoms with Gasteiger partial charge in [0, 0.05) is 0 Å². The summed E-state index contributed by atoms with van der Waals surface area (Å²) < 4.78 is 19.7. The van der Waals surface area contributed by atoms with Gasteiger partial charge in [-0.2, -0.15) is 4.39 Å². The van der Waals surface area contributed by atoms with E-state index in [1.54, 1.807) is 6.92 Å². The number of unbranched alkanes of at least 4 members (excludes halogenated alkanes) is 3. The third kappa shape index (κ3) is 5.39. The van der Waals surface area contributed by atoms with Gasteiger partial charge < -0.3 is 10.5 Å². The topological polar surface area (TPSA) is 74.3 Å². The van der Waals surface area contributed by atoms with Crippen molar-refractivity contribution in [2.45, 2.75) is 58.6 Å². The molecule has 5 nitrogen and oxygen atoms in total. The highest BCUT2D eigenvalue weighted by Gasteiger charge is 2.20. The number of halogens is 3. The number of hydrogen-bond acceptors (Lipinski definition) is 4. The van der Waals surface area contributed by atoms with Crippen molar-refractivity contribution < 1.29 is 13.9 Å². The second-order valence-electron chi connectivity index (χ2n) is 5.37. The van der Waals surface area contributed by atoms with Crippen LogP contribution in [-0.2, 0) is 16.1 Å². The number of carbonyl (C=O) groups is 1. The van der Waals surface area contributed by atoms with Crippen LogP contribution in [0.25, 0.3) is 0 Å². The molecule has 0 spiro atoms. The number of pyridine rings is 1. The molecule has 0 aliphatic rings. The third-order valence-corrected chi connectivity index (χ3v) is 4.13. The molecule has 130 valence electrons. The van der Waals surface area contributed by atoms with E-state index in [1.807, 2.05) is 0 Å². The molecule has 1 heterocycles. The van der Waals surface area contributed by atoms with Crippen LogP contribution in [0.1, 0.15) is 46.0 Å². The van der Waals surface area contributed by atoms with Crippen LogP contribution in [0.2, 0.25) is 10.0 Å². The Morgan fingerprint density at radius 2 is 1.96 bits per heavy atom. The molecule has 0 fully saturated rings. The van der Waals surface area contributed by atoms with Crippen LogP contribution >= 0.6 is 23.2 Å². The Hall–Kier alpha value is -1.27. The average molecular weight is 367 g/mol. The van der Waals surface area contributed by atoms with Crippen molar-refractivity contribution in [3.8, 4) is 0 Å². The van der Waals surface area contributed by atoms with Crippen molar-refractivity contribution in [3.63, 3.8) is 0 Å². The Labute approximate surface area is 144 Å². The summed E-state index contributed by atoms with van der Waals surface area (Å²) in [5.74, 6) is -1.84. The Morgan fingerprint density at radius 3 is 2.57 bits per heavy atom. The number of rotatable bonds is 8. The average Bonchev–Trinajstić information content (AvgIpc) is 2.52. The number of esters is 1. The first-order chi connectivity index (χ1) is 10.8. The molecule has 0 radical (unpaired) electrons. The van der Waals surface area contributed by atoms with Crippen LogP contribution in [0, 0.1) is 5.95 Å². The Balaban J connectivity index is 2.70. The molecule has 0 aliphatic carbocycles. The predicted molar refractivity (Wildman–Crippen MR) is 89.4 cm³/mol. The number of aromatic nitrogens is 1. The van der Waals surface area contributed by atoms with Gasteiger partial charge in [-0.25, -0.2) is 0 Å². The summed E-state index contributed by atoms with van der Waals surface area (Å²) in [6.45, 7) is 3.26. The van der Waals surface area contributed by atoms with E-state index >= 15 is 0 Å². The number of carbonyl (C=O) groups excluding carboxylic acids is 1. The quantitative estimate of drug-likeness (QED) is 0.431. The summed E-state index contributed by atoms with van der Waals surface area (Å²) >= 11 is 11.3. The lowest BCUT2D eigenvalue weighted by Gasteiger charge is -2.15. The van der Waals surface area contributed by atoms with Crippen molar-refractivity contribution >= 4 is 34.9 Å². The first-order valence-electron chi connectivity index (χ1n) is 7.51. The fraction of sp³-hybridized carbons (Fsp3) is 0.600. The van der Waals surface area contributed by atoms with E-state index < -0.39 is 34.1 Å². The van der Waals surface area contributed by atoms with Crippen LogP contribution in [0.15, 0.2) is 4.79 Å². The van der Waals surface area contributed by atoms with Gasteiger partial charge in [-0.3, -0.25) is 14.2 Å². The molecule has 8 heteroatoms. The number of nitrogens with zero attached hydrogens (tertiary/aromatic N) is 1. The minimum atomic E-state index is -1.11. The van der Waals surface area contributed by atoms with E-state index in [4.69, 9.17) is 33.7 Å². The highest BCUT2D eigenvalue weighted by molar-refractivity contribution is 6.38. The smallest absolute Gasteiger partial charge is 0.326 e. The minimum Gasteiger partial charge on any atom is -0.461 e. The van der Waals surface area contributed by atoms with E-state index in [9.17, 15) is 14.0 Å². The van der Waals surface area contributed by atoms with Crippen LogP contribution < -0.4 is 11.3 Å². The lowest BCUT2D eigenvalue weighted by Crippen LogP contribution is -2.30. The second-order valence-corrected chi connectivity index (χ2v) is 6.13. The summed E-state index contributed by atoms with van der Waals surface area (Å²) in [7, 11) is 0. The minimum absolute atomic E-state index is 0.308. The lowest BCUT2D eigenvalue weighted by atomic mass is 10.1. The molecule has 0 bridgehead atoms. The van der Waals surface area contributed by atoms with Crippen molar-refractivity contribution in [2.75, 3.05) is 5.73 Å². The normalized spacial score (nSPS) is 12.2. The molecule has 0 saturated heterocycles. The zero-order valence-electron chi connectivity index (χ0n) is 13.2. The van der Waals surface area contributed by atoms with Gasteiger partial charge in [-0.15, -0.1) is 0 Å². The molecule has 1 atom stereocenters. The molecule has 1 rings (SSSR count). The van der Waals surface area contributed by atoms with Gasteiger partial charge >= 0.3 is 5.97 Å². The maximum atomic E-state index is 14.0. The zero-order chi connectivity index (χ0) is 17.6. The SMILES string of the molecule is CCCCCCC(C)OC(=O)Cn1c(F)c(Cl)c(N)c(Cl)c1=O. The number of hydrogen-bond donors (Lipinski definition) is 1. The van der Waals surface area contributed by atoms with E-state index in [-0.39, 0.29) is 11.8 Å². The largest absolute Gasteiger partial charge is 0.461 e. The molecule has 0 amide bonds. The van der Waals surface area contributed by atoms with Crippen molar-refractivity contribution in [3.05, 3.63) is 26.3 Å². The summed E-state index contributed by atoms with van der Waals surface area (Å²) in [5.41, 5.74) is 4.15. The molecule has 0 aliphatic heterocycles. The number of anilines is 1. The maximum Gasteiger partial charge on any atom is 0.326 e. The van der Waals surface area contributed by atoms with Crippen LogP contribution in [0.4, 0.5) is 10.1 Å². The Kier molecular flexibility index (Phi) is 7.85. The predicted octanol–water partition coefficient (Wildman–Crippen LogP) is 3.78. The molecular weight excluding hydrogens is 346 g/mol. The summed E-state index contributed by atoms with van der Waals surface area (Å²) in [6, 6.07) is 0. The molecule has 1 unspecified atom stereocenters. The van der Waals surface area contributed by atoms with Crippen LogP contribution in [-0.4, -0.2) is 16.6 Å². The van der Waals surface area contributed by atoms with Gasteiger partial charge in [0.2, 0.25) is 5.95 Å². The first kappa shape index (κ1) is 19.8. The van der Waals surface area contributed by atoms with Crippen LogP contribution in [0.3, 0.4) is 0 Å². The molecular formula is C15H21Cl2FN2O3. The van der Waals surface area contributed by atoms with Gasteiger partial charge in [-0.05, 0) is 19.8 Å². The van der Waals surface area contributed by atoms with E-state index in [1.165, 1.54) is 0 Å². The molecule has 1 aromatic heterocycles. The van der Waals surface area contributed by atoms with Gasteiger partial charge in [0.1, 0.15) is 16.6 Å². The fourth-order valence-corrected chi connectivity index (χ4v) is 2.54. The van der Waals surface area contributed by atoms with E-state index in [0.29, 0.717) is 11.0 Å². The first-order valence-corrected chi connectivity index (χ1v) is 8.27. The highest BCUT2D eigenvalue weighted by atomic mass is 35.5. The molecule has 2 N–H and O–H groups in total. The Bertz CT molecular complexity index is 620. The summed E-state index contributed by atoms with van der Waals surface area (Å²) in [4.78, 5) is 23.7. The second kappa shape index (κ2) is 9.13.